The Labute approximate surface area is 95.5 Å². The van der Waals surface area contributed by atoms with E-state index in [1.165, 1.54) is 17.5 Å². The highest BCUT2D eigenvalue weighted by Crippen LogP contribution is 2.24. The Hall–Kier alpha value is -1.39. The average Bonchev–Trinajstić information content (AvgIpc) is 2.65. The number of ketones is 1. The molecule has 2 aromatic heterocycles. The third-order valence-corrected chi connectivity index (χ3v) is 3.18. The zero-order valence-electron chi connectivity index (χ0n) is 7.61. The molecule has 2 rings (SSSR count). The van der Waals surface area contributed by atoms with Crippen molar-refractivity contribution >= 4 is 34.4 Å². The van der Waals surface area contributed by atoms with Crippen molar-refractivity contribution in [2.24, 2.45) is 0 Å². The van der Waals surface area contributed by atoms with Crippen LogP contribution in [-0.2, 0) is 0 Å². The molecule has 0 aliphatic carbocycles. The van der Waals surface area contributed by atoms with Crippen LogP contribution in [-0.4, -0.2) is 10.8 Å². The summed E-state index contributed by atoms with van der Waals surface area (Å²) in [5, 5.41) is 2.23. The summed E-state index contributed by atoms with van der Waals surface area (Å²) in [6, 6.07) is 4.92. The quantitative estimate of drug-likeness (QED) is 0.819. The van der Waals surface area contributed by atoms with E-state index in [1.54, 1.807) is 23.6 Å². The molecule has 0 bridgehead atoms. The average molecular weight is 239 g/mol. The summed E-state index contributed by atoms with van der Waals surface area (Å²) >= 11 is 7.16. The molecule has 3 nitrogen and oxygen atoms in total. The van der Waals surface area contributed by atoms with Crippen molar-refractivity contribution in [3.8, 4) is 0 Å². The van der Waals surface area contributed by atoms with E-state index in [0.29, 0.717) is 21.3 Å². The number of aromatic nitrogens is 1. The lowest BCUT2D eigenvalue weighted by molar-refractivity contribution is 0.103. The van der Waals surface area contributed by atoms with Crippen LogP contribution >= 0.6 is 22.9 Å². The summed E-state index contributed by atoms with van der Waals surface area (Å²) in [5.74, 6) is -0.171. The molecule has 5 heteroatoms. The van der Waals surface area contributed by atoms with Gasteiger partial charge in [0.15, 0.2) is 0 Å². The van der Waals surface area contributed by atoms with Crippen molar-refractivity contribution in [1.29, 1.82) is 0 Å². The molecule has 2 N–H and O–H groups in total. The van der Waals surface area contributed by atoms with Crippen molar-refractivity contribution in [3.05, 3.63) is 45.4 Å². The molecule has 2 aromatic rings. The summed E-state index contributed by atoms with van der Waals surface area (Å²) < 4.78 is 0. The lowest BCUT2D eigenvalue weighted by atomic mass is 10.2. The number of nitrogen functional groups attached to an aromatic ring is 1. The molecule has 0 atom stereocenters. The molecule has 2 heterocycles. The number of thiophene rings is 1. The van der Waals surface area contributed by atoms with Gasteiger partial charge in [-0.3, -0.25) is 9.78 Å². The van der Waals surface area contributed by atoms with Gasteiger partial charge in [-0.1, -0.05) is 11.6 Å². The number of pyridine rings is 1. The van der Waals surface area contributed by atoms with Crippen LogP contribution in [0.4, 0.5) is 5.69 Å². The van der Waals surface area contributed by atoms with Crippen LogP contribution in [0, 0.1) is 0 Å². The highest BCUT2D eigenvalue weighted by molar-refractivity contribution is 7.13. The Kier molecular flexibility index (Phi) is 2.70. The molecule has 0 radical (unpaired) electrons. The number of anilines is 1. The first kappa shape index (κ1) is 10.1. The van der Waals surface area contributed by atoms with Crippen molar-refractivity contribution < 1.29 is 4.79 Å². The predicted molar refractivity (Wildman–Crippen MR) is 61.4 cm³/mol. The SMILES string of the molecule is Nc1ccc(C(=O)c2sccc2Cl)nc1. The summed E-state index contributed by atoms with van der Waals surface area (Å²) in [6.07, 6.45) is 1.45. The molecule has 0 unspecified atom stereocenters. The number of nitrogens with zero attached hydrogens (tertiary/aromatic N) is 1. The van der Waals surface area contributed by atoms with Crippen molar-refractivity contribution in [3.63, 3.8) is 0 Å². The van der Waals surface area contributed by atoms with Gasteiger partial charge in [0, 0.05) is 0 Å². The fraction of sp³-hybridized carbons (Fsp3) is 0. The van der Waals surface area contributed by atoms with E-state index in [1.807, 2.05) is 0 Å². The van der Waals surface area contributed by atoms with Gasteiger partial charge in [-0.15, -0.1) is 11.3 Å². The highest BCUT2D eigenvalue weighted by atomic mass is 35.5. The Morgan fingerprint density at radius 3 is 2.73 bits per heavy atom. The smallest absolute Gasteiger partial charge is 0.222 e. The number of hydrogen-bond donors (Lipinski definition) is 1. The first-order valence-electron chi connectivity index (χ1n) is 4.17. The molecule has 0 aliphatic heterocycles. The van der Waals surface area contributed by atoms with Gasteiger partial charge in [-0.25, -0.2) is 0 Å². The second kappa shape index (κ2) is 4.00. The van der Waals surface area contributed by atoms with E-state index < -0.39 is 0 Å². The van der Waals surface area contributed by atoms with Gasteiger partial charge in [-0.05, 0) is 23.6 Å². The lowest BCUT2D eigenvalue weighted by Gasteiger charge is -1.98. The van der Waals surface area contributed by atoms with Gasteiger partial charge in [-0.2, -0.15) is 0 Å². The molecule has 0 amide bonds. The Morgan fingerprint density at radius 1 is 1.40 bits per heavy atom. The minimum absolute atomic E-state index is 0.171. The molecule has 0 aliphatic rings. The molecule has 0 spiro atoms. The largest absolute Gasteiger partial charge is 0.397 e. The molecular formula is C10H7ClN2OS. The van der Waals surface area contributed by atoms with Crippen LogP contribution in [0.2, 0.25) is 5.02 Å². The summed E-state index contributed by atoms with van der Waals surface area (Å²) in [7, 11) is 0. The van der Waals surface area contributed by atoms with Crippen LogP contribution in [0.25, 0.3) is 0 Å². The monoisotopic (exact) mass is 238 g/mol. The number of rotatable bonds is 2. The minimum atomic E-state index is -0.171. The predicted octanol–water partition coefficient (Wildman–Crippen LogP) is 2.61. The van der Waals surface area contributed by atoms with E-state index in [4.69, 9.17) is 17.3 Å². The van der Waals surface area contributed by atoms with E-state index in [2.05, 4.69) is 4.98 Å². The third kappa shape index (κ3) is 2.00. The Bertz CT molecular complexity index is 492. The maximum Gasteiger partial charge on any atom is 0.222 e. The van der Waals surface area contributed by atoms with Crippen LogP contribution in [0.15, 0.2) is 29.8 Å². The van der Waals surface area contributed by atoms with E-state index in [-0.39, 0.29) is 5.78 Å². The van der Waals surface area contributed by atoms with Gasteiger partial charge >= 0.3 is 0 Å². The van der Waals surface area contributed by atoms with Crippen LogP contribution < -0.4 is 5.73 Å². The number of carbonyl (C=O) groups is 1. The van der Waals surface area contributed by atoms with Gasteiger partial charge in [0.1, 0.15) is 5.69 Å². The zero-order valence-corrected chi connectivity index (χ0v) is 9.18. The molecular weight excluding hydrogens is 232 g/mol. The molecule has 15 heavy (non-hydrogen) atoms. The topological polar surface area (TPSA) is 56.0 Å². The van der Waals surface area contributed by atoms with Crippen LogP contribution in [0.3, 0.4) is 0 Å². The fourth-order valence-corrected chi connectivity index (χ4v) is 2.20. The minimum Gasteiger partial charge on any atom is -0.397 e. The van der Waals surface area contributed by atoms with E-state index in [9.17, 15) is 4.79 Å². The Balaban J connectivity index is 2.37. The van der Waals surface area contributed by atoms with Crippen LogP contribution in [0.5, 0.6) is 0 Å². The van der Waals surface area contributed by atoms with Gasteiger partial charge < -0.3 is 5.73 Å². The van der Waals surface area contributed by atoms with Crippen molar-refractivity contribution in [2.45, 2.75) is 0 Å². The van der Waals surface area contributed by atoms with Crippen molar-refractivity contribution in [1.82, 2.24) is 4.98 Å². The van der Waals surface area contributed by atoms with Gasteiger partial charge in [0.2, 0.25) is 5.78 Å². The standard InChI is InChI=1S/C10H7ClN2OS/c11-7-3-4-15-10(7)9(14)8-2-1-6(12)5-13-8/h1-5H,12H2. The molecule has 76 valence electrons. The van der Waals surface area contributed by atoms with Gasteiger partial charge in [0.05, 0.1) is 21.8 Å². The third-order valence-electron chi connectivity index (χ3n) is 1.84. The van der Waals surface area contributed by atoms with E-state index >= 15 is 0 Å². The van der Waals surface area contributed by atoms with Crippen molar-refractivity contribution in [2.75, 3.05) is 5.73 Å². The molecule has 0 fully saturated rings. The summed E-state index contributed by atoms with van der Waals surface area (Å²) in [5.41, 5.74) is 6.36. The lowest BCUT2D eigenvalue weighted by Crippen LogP contribution is -2.02. The molecule has 0 aromatic carbocycles. The molecule has 0 saturated carbocycles. The van der Waals surface area contributed by atoms with Crippen LogP contribution in [0.1, 0.15) is 15.4 Å². The number of halogens is 1. The summed E-state index contributed by atoms with van der Waals surface area (Å²) in [4.78, 5) is 16.3. The second-order valence-corrected chi connectivity index (χ2v) is 4.23. The Morgan fingerprint density at radius 2 is 2.20 bits per heavy atom. The highest BCUT2D eigenvalue weighted by Gasteiger charge is 2.14. The van der Waals surface area contributed by atoms with E-state index in [0.717, 1.165) is 0 Å². The zero-order chi connectivity index (χ0) is 10.8. The molecule has 0 saturated heterocycles. The number of nitrogens with two attached hydrogens (primary N) is 1. The van der Waals surface area contributed by atoms with Gasteiger partial charge in [0.25, 0.3) is 0 Å². The number of hydrogen-bond acceptors (Lipinski definition) is 4. The first-order chi connectivity index (χ1) is 7.18. The summed E-state index contributed by atoms with van der Waals surface area (Å²) in [6.45, 7) is 0. The number of carbonyl (C=O) groups excluding carboxylic acids is 1. The maximum absolute atomic E-state index is 11.9. The fourth-order valence-electron chi connectivity index (χ4n) is 1.11. The first-order valence-corrected chi connectivity index (χ1v) is 5.43. The second-order valence-electron chi connectivity index (χ2n) is 2.90. The maximum atomic E-state index is 11.9. The normalized spacial score (nSPS) is 10.2.